The molecular weight excluding hydrogens is 304 g/mol. The maximum absolute atomic E-state index is 12.5. The molecule has 0 N–H and O–H groups in total. The second-order valence-corrected chi connectivity index (χ2v) is 6.02. The lowest BCUT2D eigenvalue weighted by molar-refractivity contribution is -0.0708. The van der Waals surface area contributed by atoms with Gasteiger partial charge in [0.15, 0.2) is 0 Å². The molecule has 1 aliphatic heterocycles. The lowest BCUT2D eigenvalue weighted by atomic mass is 9.98. The highest BCUT2D eigenvalue weighted by molar-refractivity contribution is 5.91. The van der Waals surface area contributed by atoms with Crippen LogP contribution in [0.1, 0.15) is 22.1 Å². The Morgan fingerprint density at radius 2 is 2.12 bits per heavy atom. The van der Waals surface area contributed by atoms with E-state index in [4.69, 9.17) is 4.74 Å². The van der Waals surface area contributed by atoms with Gasteiger partial charge >= 0.3 is 0 Å². The SMILES string of the molecule is CN(CC1OCCN(C)C1c1ccccc1)C(=O)c1cnccn1. The summed E-state index contributed by atoms with van der Waals surface area (Å²) in [6.45, 7) is 2.04. The molecule has 1 aromatic carbocycles. The van der Waals surface area contributed by atoms with Crippen molar-refractivity contribution in [2.45, 2.75) is 12.1 Å². The number of nitrogens with zero attached hydrogens (tertiary/aromatic N) is 4. The van der Waals surface area contributed by atoms with E-state index < -0.39 is 0 Å². The van der Waals surface area contributed by atoms with Crippen LogP contribution in [0.3, 0.4) is 0 Å². The summed E-state index contributed by atoms with van der Waals surface area (Å²) >= 11 is 0. The molecule has 0 aliphatic carbocycles. The first-order chi connectivity index (χ1) is 11.7. The van der Waals surface area contributed by atoms with Crippen LogP contribution in [0.15, 0.2) is 48.9 Å². The Morgan fingerprint density at radius 3 is 2.83 bits per heavy atom. The third kappa shape index (κ3) is 3.60. The van der Waals surface area contributed by atoms with Gasteiger partial charge in [0.1, 0.15) is 5.69 Å². The van der Waals surface area contributed by atoms with Gasteiger partial charge in [-0.1, -0.05) is 30.3 Å². The van der Waals surface area contributed by atoms with Crippen molar-refractivity contribution in [3.8, 4) is 0 Å². The van der Waals surface area contributed by atoms with Crippen LogP contribution < -0.4 is 0 Å². The zero-order chi connectivity index (χ0) is 16.9. The highest BCUT2D eigenvalue weighted by Crippen LogP contribution is 2.28. The minimum atomic E-state index is -0.147. The van der Waals surface area contributed by atoms with Crippen LogP contribution in [0.5, 0.6) is 0 Å². The Bertz CT molecular complexity index is 665. The van der Waals surface area contributed by atoms with Gasteiger partial charge in [-0.3, -0.25) is 14.7 Å². The van der Waals surface area contributed by atoms with Crippen LogP contribution in [0, 0.1) is 0 Å². The van der Waals surface area contributed by atoms with Crippen molar-refractivity contribution >= 4 is 5.91 Å². The highest BCUT2D eigenvalue weighted by Gasteiger charge is 2.33. The number of carbonyl (C=O) groups is 1. The molecule has 0 saturated carbocycles. The van der Waals surface area contributed by atoms with Gasteiger partial charge in [-0.15, -0.1) is 0 Å². The Hall–Kier alpha value is -2.31. The molecule has 1 aromatic heterocycles. The second-order valence-electron chi connectivity index (χ2n) is 6.02. The van der Waals surface area contributed by atoms with Crippen molar-refractivity contribution < 1.29 is 9.53 Å². The Labute approximate surface area is 142 Å². The first kappa shape index (κ1) is 16.5. The molecule has 0 bridgehead atoms. The lowest BCUT2D eigenvalue weighted by Crippen LogP contribution is -2.48. The highest BCUT2D eigenvalue weighted by atomic mass is 16.5. The van der Waals surface area contributed by atoms with Crippen molar-refractivity contribution in [2.75, 3.05) is 33.8 Å². The molecule has 3 rings (SSSR count). The molecule has 2 heterocycles. The van der Waals surface area contributed by atoms with E-state index in [1.165, 1.54) is 18.0 Å². The monoisotopic (exact) mass is 326 g/mol. The van der Waals surface area contributed by atoms with Crippen molar-refractivity contribution in [3.05, 3.63) is 60.2 Å². The number of amides is 1. The average molecular weight is 326 g/mol. The standard InChI is InChI=1S/C18H22N4O2/c1-21-10-11-24-16(17(21)14-6-4-3-5-7-14)13-22(2)18(23)15-12-19-8-9-20-15/h3-9,12,16-17H,10-11,13H2,1-2H3. The molecular formula is C18H22N4O2. The Morgan fingerprint density at radius 1 is 1.33 bits per heavy atom. The number of aromatic nitrogens is 2. The van der Waals surface area contributed by atoms with Gasteiger partial charge in [0, 0.05) is 32.5 Å². The average Bonchev–Trinajstić information content (AvgIpc) is 2.62. The van der Waals surface area contributed by atoms with Gasteiger partial charge in [0.05, 0.1) is 24.9 Å². The third-order valence-corrected chi connectivity index (χ3v) is 4.33. The van der Waals surface area contributed by atoms with Crippen LogP contribution in [-0.4, -0.2) is 65.6 Å². The molecule has 1 aliphatic rings. The molecule has 24 heavy (non-hydrogen) atoms. The zero-order valence-electron chi connectivity index (χ0n) is 14.0. The summed E-state index contributed by atoms with van der Waals surface area (Å²) in [4.78, 5) is 24.5. The molecule has 1 saturated heterocycles. The zero-order valence-corrected chi connectivity index (χ0v) is 14.0. The first-order valence-electron chi connectivity index (χ1n) is 8.05. The smallest absolute Gasteiger partial charge is 0.273 e. The number of ether oxygens (including phenoxy) is 1. The fraction of sp³-hybridized carbons (Fsp3) is 0.389. The summed E-state index contributed by atoms with van der Waals surface area (Å²) < 4.78 is 6.00. The first-order valence-corrected chi connectivity index (χ1v) is 8.05. The number of rotatable bonds is 4. The van der Waals surface area contributed by atoms with Gasteiger partial charge in [-0.05, 0) is 12.6 Å². The molecule has 2 unspecified atom stereocenters. The summed E-state index contributed by atoms with van der Waals surface area (Å²) in [5, 5.41) is 0. The molecule has 126 valence electrons. The van der Waals surface area contributed by atoms with Gasteiger partial charge in [-0.2, -0.15) is 0 Å². The fourth-order valence-corrected chi connectivity index (χ4v) is 3.09. The van der Waals surface area contributed by atoms with E-state index in [9.17, 15) is 4.79 Å². The summed E-state index contributed by atoms with van der Waals surface area (Å²) in [6, 6.07) is 10.4. The topological polar surface area (TPSA) is 58.6 Å². The van der Waals surface area contributed by atoms with Crippen molar-refractivity contribution in [2.24, 2.45) is 0 Å². The number of hydrogen-bond acceptors (Lipinski definition) is 5. The summed E-state index contributed by atoms with van der Waals surface area (Å²) in [5.41, 5.74) is 1.55. The minimum Gasteiger partial charge on any atom is -0.373 e. The third-order valence-electron chi connectivity index (χ3n) is 4.33. The molecule has 0 radical (unpaired) electrons. The van der Waals surface area contributed by atoms with Gasteiger partial charge in [0.25, 0.3) is 5.91 Å². The summed E-state index contributed by atoms with van der Waals surface area (Å²) in [6.07, 6.45) is 4.48. The molecule has 2 aromatic rings. The maximum Gasteiger partial charge on any atom is 0.273 e. The van der Waals surface area contributed by atoms with Crippen molar-refractivity contribution in [1.82, 2.24) is 19.8 Å². The van der Waals surface area contributed by atoms with E-state index in [1.54, 1.807) is 18.1 Å². The van der Waals surface area contributed by atoms with Crippen LogP contribution in [0.25, 0.3) is 0 Å². The Balaban J connectivity index is 1.75. The number of likely N-dealkylation sites (N-methyl/N-ethyl adjacent to an activating group) is 2. The molecule has 6 nitrogen and oxygen atoms in total. The molecule has 1 amide bonds. The van der Waals surface area contributed by atoms with E-state index in [2.05, 4.69) is 34.0 Å². The van der Waals surface area contributed by atoms with Crippen LogP contribution in [-0.2, 0) is 4.74 Å². The summed E-state index contributed by atoms with van der Waals surface area (Å²) in [5.74, 6) is -0.147. The van der Waals surface area contributed by atoms with Crippen LogP contribution in [0.4, 0.5) is 0 Å². The number of benzene rings is 1. The predicted molar refractivity (Wildman–Crippen MR) is 90.5 cm³/mol. The van der Waals surface area contributed by atoms with E-state index in [0.717, 1.165) is 6.54 Å². The van der Waals surface area contributed by atoms with E-state index >= 15 is 0 Å². The normalized spacial score (nSPS) is 21.4. The lowest BCUT2D eigenvalue weighted by Gasteiger charge is -2.40. The van der Waals surface area contributed by atoms with Gasteiger partial charge in [-0.25, -0.2) is 4.98 Å². The Kier molecular flexibility index (Phi) is 5.17. The minimum absolute atomic E-state index is 0.0863. The fourth-order valence-electron chi connectivity index (χ4n) is 3.09. The van der Waals surface area contributed by atoms with Gasteiger partial charge < -0.3 is 9.64 Å². The molecule has 6 heteroatoms. The number of carbonyl (C=O) groups excluding carboxylic acids is 1. The van der Waals surface area contributed by atoms with Crippen molar-refractivity contribution in [3.63, 3.8) is 0 Å². The largest absolute Gasteiger partial charge is 0.373 e. The van der Waals surface area contributed by atoms with Crippen LogP contribution in [0.2, 0.25) is 0 Å². The van der Waals surface area contributed by atoms with Crippen molar-refractivity contribution in [1.29, 1.82) is 0 Å². The maximum atomic E-state index is 12.5. The quantitative estimate of drug-likeness (QED) is 0.854. The molecule has 1 fully saturated rings. The van der Waals surface area contributed by atoms with E-state index in [0.29, 0.717) is 18.8 Å². The number of morpholine rings is 1. The predicted octanol–water partition coefficient (Wildman–Crippen LogP) is 1.62. The molecule has 2 atom stereocenters. The molecule has 0 spiro atoms. The van der Waals surface area contributed by atoms with Gasteiger partial charge in [0.2, 0.25) is 0 Å². The summed E-state index contributed by atoms with van der Waals surface area (Å²) in [7, 11) is 3.87. The van der Waals surface area contributed by atoms with Crippen LogP contribution >= 0.6 is 0 Å². The second kappa shape index (κ2) is 7.51. The van der Waals surface area contributed by atoms with E-state index in [1.807, 2.05) is 18.2 Å². The number of hydrogen-bond donors (Lipinski definition) is 0. The van der Waals surface area contributed by atoms with E-state index in [-0.39, 0.29) is 18.1 Å².